The number of hydrogen-bond acceptors (Lipinski definition) is 4. The molecule has 0 bridgehead atoms. The average Bonchev–Trinajstić information content (AvgIpc) is 2.75. The van der Waals surface area contributed by atoms with Gasteiger partial charge in [-0.2, -0.15) is 0 Å². The SMILES string of the molecule is COc1ncn[c-]c1-c1cc2cc(C)ncc2n1C.[U]. The summed E-state index contributed by atoms with van der Waals surface area (Å²) < 4.78 is 7.30. The van der Waals surface area contributed by atoms with Gasteiger partial charge in [0.1, 0.15) is 5.88 Å². The number of aryl methyl sites for hydroxylation is 2. The minimum atomic E-state index is 0. The zero-order valence-electron chi connectivity index (χ0n) is 11.5. The smallest absolute Gasteiger partial charge is 0.129 e. The molecule has 0 aliphatic heterocycles. The number of methoxy groups -OCH3 is 1. The third-order valence-electron chi connectivity index (χ3n) is 3.14. The zero-order chi connectivity index (χ0) is 13.4. The van der Waals surface area contributed by atoms with E-state index in [1.165, 1.54) is 6.33 Å². The molecule has 0 spiro atoms. The summed E-state index contributed by atoms with van der Waals surface area (Å²) in [5.41, 5.74) is 3.76. The molecule has 3 aromatic heterocycles. The first-order valence-electron chi connectivity index (χ1n) is 5.90. The molecule has 0 saturated carbocycles. The summed E-state index contributed by atoms with van der Waals surface area (Å²) in [4.78, 5) is 12.4. The maximum absolute atomic E-state index is 5.26. The first-order valence-corrected chi connectivity index (χ1v) is 5.90. The van der Waals surface area contributed by atoms with Crippen LogP contribution in [0.2, 0.25) is 0 Å². The Hall–Kier alpha value is -1.38. The third kappa shape index (κ3) is 2.46. The normalized spacial score (nSPS) is 10.3. The van der Waals surface area contributed by atoms with E-state index in [2.05, 4.69) is 33.3 Å². The van der Waals surface area contributed by atoms with Crippen molar-refractivity contribution in [3.8, 4) is 17.1 Å². The molecular weight excluding hydrogens is 478 g/mol. The molecule has 0 aliphatic rings. The third-order valence-corrected chi connectivity index (χ3v) is 3.14. The van der Waals surface area contributed by atoms with Crippen LogP contribution in [0.3, 0.4) is 0 Å². The van der Waals surface area contributed by atoms with E-state index in [9.17, 15) is 0 Å². The summed E-state index contributed by atoms with van der Waals surface area (Å²) in [6.07, 6.45) is 6.23. The summed E-state index contributed by atoms with van der Waals surface area (Å²) in [5, 5.41) is 1.13. The second-order valence-corrected chi connectivity index (χ2v) is 4.34. The molecule has 0 radical (unpaired) electrons. The van der Waals surface area contributed by atoms with Crippen molar-refractivity contribution < 1.29 is 35.9 Å². The zero-order valence-corrected chi connectivity index (χ0v) is 15.7. The van der Waals surface area contributed by atoms with E-state index in [1.807, 2.05) is 24.7 Å². The molecule has 0 amide bonds. The molecule has 3 heterocycles. The van der Waals surface area contributed by atoms with Crippen molar-refractivity contribution in [1.29, 1.82) is 0 Å². The van der Waals surface area contributed by atoms with E-state index >= 15 is 0 Å². The van der Waals surface area contributed by atoms with Crippen molar-refractivity contribution >= 4 is 10.9 Å². The van der Waals surface area contributed by atoms with E-state index in [0.717, 1.165) is 27.9 Å². The largest absolute Gasteiger partial charge is 0.524 e. The molecule has 0 aromatic carbocycles. The Kier molecular flexibility index (Phi) is 4.46. The van der Waals surface area contributed by atoms with Gasteiger partial charge in [0.15, 0.2) is 0 Å². The van der Waals surface area contributed by atoms with Gasteiger partial charge in [-0.1, -0.05) is 6.07 Å². The molecule has 3 aromatic rings. The number of nitrogens with zero attached hydrogens (tertiary/aromatic N) is 4. The number of ether oxygens (including phenoxy) is 1. The Morgan fingerprint density at radius 3 is 2.80 bits per heavy atom. The van der Waals surface area contributed by atoms with E-state index in [0.29, 0.717) is 5.88 Å². The molecule has 0 fully saturated rings. The first kappa shape index (κ1) is 15.0. The van der Waals surface area contributed by atoms with Gasteiger partial charge in [-0.25, -0.2) is 0 Å². The Morgan fingerprint density at radius 1 is 1.25 bits per heavy atom. The monoisotopic (exact) mass is 491 g/mol. The van der Waals surface area contributed by atoms with E-state index in [1.54, 1.807) is 7.11 Å². The Morgan fingerprint density at radius 2 is 2.05 bits per heavy atom. The van der Waals surface area contributed by atoms with Crippen LogP contribution < -0.4 is 4.74 Å². The molecule has 0 saturated heterocycles. The minimum absolute atomic E-state index is 0. The quantitative estimate of drug-likeness (QED) is 0.516. The summed E-state index contributed by atoms with van der Waals surface area (Å²) in [7, 11) is 3.57. The van der Waals surface area contributed by atoms with Crippen molar-refractivity contribution in [3.05, 3.63) is 36.5 Å². The second-order valence-electron chi connectivity index (χ2n) is 4.34. The first-order chi connectivity index (χ1) is 9.20. The second kappa shape index (κ2) is 5.94. The van der Waals surface area contributed by atoms with Gasteiger partial charge in [0.25, 0.3) is 0 Å². The predicted molar refractivity (Wildman–Crippen MR) is 71.9 cm³/mol. The molecule has 100 valence electrons. The molecule has 0 atom stereocenters. The predicted octanol–water partition coefficient (Wildman–Crippen LogP) is 2.15. The Bertz CT molecular complexity index is 754. The number of hydrogen-bond donors (Lipinski definition) is 0. The number of rotatable bonds is 2. The summed E-state index contributed by atoms with van der Waals surface area (Å²) >= 11 is 0. The van der Waals surface area contributed by atoms with Crippen LogP contribution in [0.15, 0.2) is 24.7 Å². The van der Waals surface area contributed by atoms with Gasteiger partial charge in [-0.05, 0) is 35.8 Å². The van der Waals surface area contributed by atoms with Gasteiger partial charge >= 0.3 is 0 Å². The fourth-order valence-corrected chi connectivity index (χ4v) is 2.19. The van der Waals surface area contributed by atoms with Crippen LogP contribution in [0.25, 0.3) is 22.2 Å². The fourth-order valence-electron chi connectivity index (χ4n) is 2.19. The van der Waals surface area contributed by atoms with Gasteiger partial charge in [0, 0.05) is 50.2 Å². The van der Waals surface area contributed by atoms with Crippen molar-refractivity contribution in [2.24, 2.45) is 7.05 Å². The average molecular weight is 491 g/mol. The van der Waals surface area contributed by atoms with E-state index in [-0.39, 0.29) is 31.1 Å². The molecule has 3 rings (SSSR count). The van der Waals surface area contributed by atoms with Gasteiger partial charge in [-0.3, -0.25) is 4.98 Å². The van der Waals surface area contributed by atoms with Crippen molar-refractivity contribution in [1.82, 2.24) is 19.5 Å². The standard InChI is InChI=1S/C14H13N4O.U/c1-9-4-10-5-12(18(2)13(10)7-16-9)11-6-15-8-17-14(11)19-3;/h4-5,7-8H,1-3H3;/q-1;. The molecular formula is C14H13N4OU-. The Labute approximate surface area is 140 Å². The summed E-state index contributed by atoms with van der Waals surface area (Å²) in [6, 6.07) is 4.12. The van der Waals surface area contributed by atoms with E-state index in [4.69, 9.17) is 4.74 Å². The van der Waals surface area contributed by atoms with Gasteiger partial charge < -0.3 is 19.3 Å². The van der Waals surface area contributed by atoms with Crippen molar-refractivity contribution in [3.63, 3.8) is 0 Å². The summed E-state index contributed by atoms with van der Waals surface area (Å²) in [6.45, 7) is 1.98. The fraction of sp³-hybridized carbons (Fsp3) is 0.214. The van der Waals surface area contributed by atoms with Crippen LogP contribution in [-0.4, -0.2) is 26.6 Å². The van der Waals surface area contributed by atoms with Crippen molar-refractivity contribution in [2.75, 3.05) is 7.11 Å². The molecule has 6 heteroatoms. The topological polar surface area (TPSA) is 52.8 Å². The number of pyridine rings is 1. The van der Waals surface area contributed by atoms with Gasteiger partial charge in [0.05, 0.1) is 18.8 Å². The van der Waals surface area contributed by atoms with Gasteiger partial charge in [-0.15, -0.1) is 0 Å². The summed E-state index contributed by atoms with van der Waals surface area (Å²) in [5.74, 6) is 0.519. The van der Waals surface area contributed by atoms with Crippen LogP contribution in [0.5, 0.6) is 5.88 Å². The van der Waals surface area contributed by atoms with E-state index < -0.39 is 0 Å². The maximum Gasteiger partial charge on any atom is 0.129 e. The van der Waals surface area contributed by atoms with Crippen LogP contribution in [0.4, 0.5) is 0 Å². The van der Waals surface area contributed by atoms with Crippen LogP contribution in [-0.2, 0) is 7.05 Å². The van der Waals surface area contributed by atoms with Crippen LogP contribution in [0, 0.1) is 44.2 Å². The minimum Gasteiger partial charge on any atom is -0.524 e. The Balaban J connectivity index is 0.00000147. The van der Waals surface area contributed by atoms with Crippen LogP contribution in [0.1, 0.15) is 5.69 Å². The maximum atomic E-state index is 5.26. The molecule has 5 nitrogen and oxygen atoms in total. The molecule has 0 aliphatic carbocycles. The van der Waals surface area contributed by atoms with Gasteiger partial charge in [0.2, 0.25) is 0 Å². The molecule has 20 heavy (non-hydrogen) atoms. The van der Waals surface area contributed by atoms with Crippen LogP contribution >= 0.6 is 0 Å². The molecule has 0 N–H and O–H groups in total. The number of fused-ring (bicyclic) bond motifs is 1. The number of aromatic nitrogens is 4. The molecule has 0 unspecified atom stereocenters. The van der Waals surface area contributed by atoms with Crippen molar-refractivity contribution in [2.45, 2.75) is 6.92 Å².